The van der Waals surface area contributed by atoms with Crippen molar-refractivity contribution in [1.82, 2.24) is 19.9 Å². The highest BCUT2D eigenvalue weighted by molar-refractivity contribution is 6.28. The van der Waals surface area contributed by atoms with Crippen LogP contribution in [0.15, 0.2) is 6.33 Å². The van der Waals surface area contributed by atoms with Crippen molar-refractivity contribution < 1.29 is 0 Å². The van der Waals surface area contributed by atoms with Crippen LogP contribution in [-0.2, 0) is 0 Å². The minimum atomic E-state index is 0.274. The molecule has 6 heteroatoms. The van der Waals surface area contributed by atoms with Crippen LogP contribution in [-0.4, -0.2) is 32.5 Å². The summed E-state index contributed by atoms with van der Waals surface area (Å²) in [5.41, 5.74) is 2.29. The van der Waals surface area contributed by atoms with Crippen LogP contribution in [0.1, 0.15) is 40.0 Å². The van der Waals surface area contributed by atoms with Crippen molar-refractivity contribution in [3.63, 3.8) is 0 Å². The van der Waals surface area contributed by atoms with Gasteiger partial charge >= 0.3 is 0 Å². The highest BCUT2D eigenvalue weighted by atomic mass is 35.5. The van der Waals surface area contributed by atoms with Crippen molar-refractivity contribution in [2.75, 3.05) is 11.4 Å². The second-order valence-corrected chi connectivity index (χ2v) is 8.10. The molecule has 1 N–H and O–H groups in total. The van der Waals surface area contributed by atoms with E-state index in [1.54, 1.807) is 6.33 Å². The van der Waals surface area contributed by atoms with Crippen molar-refractivity contribution in [3.05, 3.63) is 11.6 Å². The smallest absolute Gasteiger partial charge is 0.226 e. The van der Waals surface area contributed by atoms with Gasteiger partial charge < -0.3 is 9.88 Å². The van der Waals surface area contributed by atoms with Gasteiger partial charge in [0, 0.05) is 12.6 Å². The van der Waals surface area contributed by atoms with E-state index in [0.29, 0.717) is 22.5 Å². The summed E-state index contributed by atoms with van der Waals surface area (Å²) < 4.78 is 0. The predicted octanol–water partition coefficient (Wildman–Crippen LogP) is 3.41. The first kappa shape index (κ1) is 13.3. The van der Waals surface area contributed by atoms with Gasteiger partial charge in [-0.05, 0) is 41.7 Å². The minimum Gasteiger partial charge on any atom is -0.351 e. The molecular formula is C15H20ClN5. The number of imidazole rings is 1. The van der Waals surface area contributed by atoms with E-state index in [1.807, 2.05) is 0 Å². The summed E-state index contributed by atoms with van der Waals surface area (Å²) in [5.74, 6) is 0.911. The molecule has 112 valence electrons. The first-order valence-corrected chi connectivity index (χ1v) is 7.86. The van der Waals surface area contributed by atoms with Crippen LogP contribution in [0.2, 0.25) is 5.28 Å². The van der Waals surface area contributed by atoms with Crippen LogP contribution >= 0.6 is 11.6 Å². The van der Waals surface area contributed by atoms with Gasteiger partial charge in [0.1, 0.15) is 5.52 Å². The fourth-order valence-electron chi connectivity index (χ4n) is 4.71. The summed E-state index contributed by atoms with van der Waals surface area (Å²) in [7, 11) is 0. The van der Waals surface area contributed by atoms with E-state index in [-0.39, 0.29) is 5.28 Å². The lowest BCUT2D eigenvalue weighted by molar-refractivity contribution is 0.136. The molecule has 0 amide bonds. The number of fused-ring (bicyclic) bond motifs is 3. The van der Waals surface area contributed by atoms with Gasteiger partial charge in [-0.3, -0.25) is 0 Å². The van der Waals surface area contributed by atoms with Crippen molar-refractivity contribution in [1.29, 1.82) is 0 Å². The maximum atomic E-state index is 6.09. The Balaban J connectivity index is 1.81. The molecule has 2 aromatic heterocycles. The summed E-state index contributed by atoms with van der Waals surface area (Å²) in [6.45, 7) is 8.18. The fourth-order valence-corrected chi connectivity index (χ4v) is 4.87. The molecule has 1 saturated heterocycles. The number of aromatic nitrogens is 4. The Bertz CT molecular complexity index is 709. The van der Waals surface area contributed by atoms with E-state index in [0.717, 1.165) is 17.9 Å². The number of nitrogens with zero attached hydrogens (tertiary/aromatic N) is 4. The van der Waals surface area contributed by atoms with Crippen LogP contribution < -0.4 is 4.90 Å². The highest BCUT2D eigenvalue weighted by Gasteiger charge is 2.50. The summed E-state index contributed by atoms with van der Waals surface area (Å²) >= 11 is 6.09. The molecule has 2 fully saturated rings. The van der Waals surface area contributed by atoms with Gasteiger partial charge in [0.25, 0.3) is 0 Å². The molecule has 2 aromatic rings. The van der Waals surface area contributed by atoms with E-state index < -0.39 is 0 Å². The Labute approximate surface area is 129 Å². The molecular weight excluding hydrogens is 286 g/mol. The van der Waals surface area contributed by atoms with Gasteiger partial charge in [-0.2, -0.15) is 9.97 Å². The number of hydrogen-bond acceptors (Lipinski definition) is 4. The maximum absolute atomic E-state index is 6.09. The normalized spacial score (nSPS) is 31.0. The van der Waals surface area contributed by atoms with E-state index in [1.165, 1.54) is 19.3 Å². The lowest BCUT2D eigenvalue weighted by atomic mass is 9.65. The monoisotopic (exact) mass is 305 g/mol. The van der Waals surface area contributed by atoms with Gasteiger partial charge in [-0.1, -0.05) is 20.8 Å². The Kier molecular flexibility index (Phi) is 2.60. The zero-order valence-electron chi connectivity index (χ0n) is 12.6. The third-order valence-corrected chi connectivity index (χ3v) is 5.10. The molecule has 2 bridgehead atoms. The summed E-state index contributed by atoms with van der Waals surface area (Å²) in [5, 5.41) is 0.274. The van der Waals surface area contributed by atoms with Crippen LogP contribution in [0.4, 0.5) is 5.82 Å². The van der Waals surface area contributed by atoms with Gasteiger partial charge in [0.2, 0.25) is 5.28 Å². The van der Waals surface area contributed by atoms with E-state index in [9.17, 15) is 0 Å². The minimum absolute atomic E-state index is 0.274. The summed E-state index contributed by atoms with van der Waals surface area (Å²) in [6, 6.07) is 0.524. The largest absolute Gasteiger partial charge is 0.351 e. The number of nitrogens with one attached hydrogen (secondary N) is 1. The van der Waals surface area contributed by atoms with Crippen LogP contribution in [0.5, 0.6) is 0 Å². The average molecular weight is 306 g/mol. The number of aromatic amines is 1. The number of hydrogen-bond donors (Lipinski definition) is 1. The SMILES string of the molecule is CC1(C)CC2CC(C)(CN2c2nc(Cl)nc3nc[nH]c23)C1. The Hall–Kier alpha value is -1.36. The van der Waals surface area contributed by atoms with E-state index >= 15 is 0 Å². The number of H-pyrrole nitrogens is 1. The molecule has 0 aromatic carbocycles. The molecule has 2 aliphatic rings. The predicted molar refractivity (Wildman–Crippen MR) is 83.6 cm³/mol. The average Bonchev–Trinajstić information content (AvgIpc) is 2.89. The lowest BCUT2D eigenvalue weighted by Crippen LogP contribution is -2.35. The van der Waals surface area contributed by atoms with E-state index in [2.05, 4.69) is 45.6 Å². The molecule has 4 rings (SSSR count). The molecule has 1 aliphatic carbocycles. The summed E-state index contributed by atoms with van der Waals surface area (Å²) in [6.07, 6.45) is 5.35. The third-order valence-electron chi connectivity index (χ3n) is 4.93. The first-order valence-electron chi connectivity index (χ1n) is 7.49. The van der Waals surface area contributed by atoms with Crippen molar-refractivity contribution >= 4 is 28.6 Å². The van der Waals surface area contributed by atoms with E-state index in [4.69, 9.17) is 11.6 Å². The molecule has 21 heavy (non-hydrogen) atoms. The van der Waals surface area contributed by atoms with Crippen molar-refractivity contribution in [2.24, 2.45) is 10.8 Å². The topological polar surface area (TPSA) is 57.7 Å². The van der Waals surface area contributed by atoms with Crippen LogP contribution in [0.25, 0.3) is 11.2 Å². The van der Waals surface area contributed by atoms with Crippen LogP contribution in [0.3, 0.4) is 0 Å². The Morgan fingerprint density at radius 2 is 2.10 bits per heavy atom. The molecule has 0 radical (unpaired) electrons. The standard InChI is InChI=1S/C15H20ClN5/c1-14(2)4-9-5-15(3,6-14)7-21(9)12-10-11(18-8-17-10)19-13(16)20-12/h8-9H,4-7H2,1-3H3,(H,17,18,19,20). The van der Waals surface area contributed by atoms with Crippen molar-refractivity contribution in [2.45, 2.75) is 46.1 Å². The van der Waals surface area contributed by atoms with Gasteiger partial charge in [0.05, 0.1) is 6.33 Å². The lowest BCUT2D eigenvalue weighted by Gasteiger charge is -2.39. The quantitative estimate of drug-likeness (QED) is 0.820. The highest BCUT2D eigenvalue weighted by Crippen LogP contribution is 2.53. The number of rotatable bonds is 1. The molecule has 5 nitrogen and oxygen atoms in total. The zero-order valence-corrected chi connectivity index (χ0v) is 13.4. The molecule has 1 saturated carbocycles. The molecule has 2 atom stereocenters. The Morgan fingerprint density at radius 1 is 1.29 bits per heavy atom. The molecule has 1 aliphatic heterocycles. The molecule has 2 unspecified atom stereocenters. The Morgan fingerprint density at radius 3 is 2.90 bits per heavy atom. The molecule has 3 heterocycles. The third kappa shape index (κ3) is 2.09. The fraction of sp³-hybridized carbons (Fsp3) is 0.667. The van der Waals surface area contributed by atoms with Crippen LogP contribution in [0, 0.1) is 10.8 Å². The van der Waals surface area contributed by atoms with Gasteiger partial charge in [0.15, 0.2) is 11.5 Å². The summed E-state index contributed by atoms with van der Waals surface area (Å²) in [4.78, 5) is 18.5. The first-order chi connectivity index (χ1) is 9.85. The number of halogens is 1. The van der Waals surface area contributed by atoms with Gasteiger partial charge in [-0.25, -0.2) is 4.98 Å². The number of anilines is 1. The maximum Gasteiger partial charge on any atom is 0.226 e. The second-order valence-electron chi connectivity index (χ2n) is 7.76. The second kappa shape index (κ2) is 4.09. The zero-order chi connectivity index (χ0) is 14.8. The molecule has 0 spiro atoms. The van der Waals surface area contributed by atoms with Crippen molar-refractivity contribution in [3.8, 4) is 0 Å². The van der Waals surface area contributed by atoms with Gasteiger partial charge in [-0.15, -0.1) is 0 Å².